The van der Waals surface area contributed by atoms with Gasteiger partial charge in [0.25, 0.3) is 5.91 Å². The predicted octanol–water partition coefficient (Wildman–Crippen LogP) is 2.13. The number of aliphatic carboxylic acids is 1. The number of rotatable bonds is 5. The molecule has 3 N–H and O–H groups in total. The fourth-order valence-electron chi connectivity index (χ4n) is 3.49. The number of benzene rings is 1. The van der Waals surface area contributed by atoms with Crippen molar-refractivity contribution in [1.29, 1.82) is 0 Å². The number of ether oxygens (including phenoxy) is 1. The maximum Gasteiger partial charge on any atom is 0.310 e. The lowest BCUT2D eigenvalue weighted by Gasteiger charge is -2.13. The predicted molar refractivity (Wildman–Crippen MR) is 86.7 cm³/mol. The number of hydrogen-bond donors (Lipinski definition) is 3. The number of carbonyl (C=O) groups is 2. The highest BCUT2D eigenvalue weighted by Crippen LogP contribution is 2.85. The summed E-state index contributed by atoms with van der Waals surface area (Å²) in [5, 5.41) is 21.9. The van der Waals surface area contributed by atoms with Crippen molar-refractivity contribution >= 4 is 11.9 Å². The number of aromatic nitrogens is 1. The average molecular weight is 340 g/mol. The smallest absolute Gasteiger partial charge is 0.310 e. The van der Waals surface area contributed by atoms with Crippen molar-refractivity contribution in [3.8, 4) is 17.2 Å². The van der Waals surface area contributed by atoms with Crippen molar-refractivity contribution < 1.29 is 24.5 Å². The Hall–Kier alpha value is -3.09. The molecule has 7 heteroatoms. The fourth-order valence-corrected chi connectivity index (χ4v) is 3.49. The number of amides is 1. The molecule has 0 spiro atoms. The van der Waals surface area contributed by atoms with E-state index in [1.165, 1.54) is 25.4 Å². The van der Waals surface area contributed by atoms with Crippen molar-refractivity contribution in [2.24, 2.45) is 11.3 Å². The number of nitrogens with one attached hydrogen (secondary N) is 1. The SMILES string of the molecule is CNC(=O)c1cc(Oc2ccc(O)c(C3C4CC43C(=O)O)c2)ccn1. The van der Waals surface area contributed by atoms with Crippen molar-refractivity contribution in [3.05, 3.63) is 47.8 Å². The number of phenolic OH excluding ortho intramolecular Hbond substituents is 1. The number of pyridine rings is 1. The Morgan fingerprint density at radius 2 is 2.04 bits per heavy atom. The van der Waals surface area contributed by atoms with E-state index >= 15 is 0 Å². The molecule has 3 unspecified atom stereocenters. The molecule has 0 radical (unpaired) electrons. The van der Waals surface area contributed by atoms with Gasteiger partial charge in [0.05, 0.1) is 5.41 Å². The quantitative estimate of drug-likeness (QED) is 0.769. The zero-order valence-electron chi connectivity index (χ0n) is 13.4. The topological polar surface area (TPSA) is 109 Å². The number of hydrogen-bond acceptors (Lipinski definition) is 5. The average Bonchev–Trinajstić information content (AvgIpc) is 3.47. The third-order valence-corrected chi connectivity index (χ3v) is 5.07. The second-order valence-electron chi connectivity index (χ2n) is 6.41. The highest BCUT2D eigenvalue weighted by atomic mass is 16.5. The molecule has 25 heavy (non-hydrogen) atoms. The van der Waals surface area contributed by atoms with Crippen LogP contribution in [0.25, 0.3) is 0 Å². The molecule has 0 aliphatic heterocycles. The van der Waals surface area contributed by atoms with E-state index < -0.39 is 11.4 Å². The molecular formula is C18H16N2O5. The normalized spacial score (nSPS) is 25.6. The van der Waals surface area contributed by atoms with Crippen LogP contribution in [0.4, 0.5) is 0 Å². The van der Waals surface area contributed by atoms with Gasteiger partial charge in [-0.05, 0) is 36.6 Å². The van der Waals surface area contributed by atoms with E-state index in [0.29, 0.717) is 23.5 Å². The Labute approximate surface area is 143 Å². The van der Waals surface area contributed by atoms with Crippen LogP contribution in [0.15, 0.2) is 36.5 Å². The molecule has 1 heterocycles. The van der Waals surface area contributed by atoms with E-state index in [1.54, 1.807) is 18.2 Å². The second-order valence-corrected chi connectivity index (χ2v) is 6.41. The number of carboxylic acid groups (broad SMARTS) is 1. The molecule has 128 valence electrons. The number of carboxylic acids is 1. The van der Waals surface area contributed by atoms with E-state index in [9.17, 15) is 19.8 Å². The number of fused-ring (bicyclic) bond motifs is 1. The molecule has 0 bridgehead atoms. The van der Waals surface area contributed by atoms with Crippen LogP contribution in [0.3, 0.4) is 0 Å². The summed E-state index contributed by atoms with van der Waals surface area (Å²) in [5.41, 5.74) is 0.128. The zero-order chi connectivity index (χ0) is 17.8. The van der Waals surface area contributed by atoms with Gasteiger partial charge in [0.1, 0.15) is 22.9 Å². The van der Waals surface area contributed by atoms with E-state index in [2.05, 4.69) is 10.3 Å². The van der Waals surface area contributed by atoms with Crippen LogP contribution in [-0.2, 0) is 4.79 Å². The lowest BCUT2D eigenvalue weighted by Crippen LogP contribution is -2.18. The Kier molecular flexibility index (Phi) is 3.21. The number of nitrogens with zero attached hydrogens (tertiary/aromatic N) is 1. The Morgan fingerprint density at radius 1 is 1.28 bits per heavy atom. The molecule has 2 fully saturated rings. The van der Waals surface area contributed by atoms with Crippen LogP contribution < -0.4 is 10.1 Å². The maximum atomic E-state index is 11.6. The lowest BCUT2D eigenvalue weighted by atomic mass is 9.96. The number of carbonyl (C=O) groups excluding carboxylic acids is 1. The summed E-state index contributed by atoms with van der Waals surface area (Å²) in [6.07, 6.45) is 2.13. The minimum absolute atomic E-state index is 0.0750. The summed E-state index contributed by atoms with van der Waals surface area (Å²) in [5.74, 6) is -0.214. The molecular weight excluding hydrogens is 324 g/mol. The summed E-state index contributed by atoms with van der Waals surface area (Å²) in [7, 11) is 1.52. The Morgan fingerprint density at radius 3 is 2.68 bits per heavy atom. The molecule has 2 saturated carbocycles. The van der Waals surface area contributed by atoms with Gasteiger partial charge < -0.3 is 20.3 Å². The summed E-state index contributed by atoms with van der Waals surface area (Å²) >= 11 is 0. The van der Waals surface area contributed by atoms with Gasteiger partial charge >= 0.3 is 5.97 Å². The molecule has 2 aliphatic rings. The van der Waals surface area contributed by atoms with Crippen LogP contribution in [0, 0.1) is 11.3 Å². The molecule has 1 aromatic carbocycles. The van der Waals surface area contributed by atoms with E-state index in [0.717, 1.165) is 0 Å². The van der Waals surface area contributed by atoms with E-state index in [1.807, 2.05) is 0 Å². The van der Waals surface area contributed by atoms with Crippen molar-refractivity contribution in [1.82, 2.24) is 10.3 Å². The summed E-state index contributed by atoms with van der Waals surface area (Å²) < 4.78 is 5.75. The highest BCUT2D eigenvalue weighted by Gasteiger charge is 2.84. The number of phenols is 1. The monoisotopic (exact) mass is 340 g/mol. The highest BCUT2D eigenvalue weighted by molar-refractivity contribution is 5.92. The summed E-state index contributed by atoms with van der Waals surface area (Å²) in [4.78, 5) is 27.0. The van der Waals surface area contributed by atoms with Gasteiger partial charge in [-0.3, -0.25) is 14.6 Å². The summed E-state index contributed by atoms with van der Waals surface area (Å²) in [6, 6.07) is 7.89. The minimum Gasteiger partial charge on any atom is -0.508 e. The van der Waals surface area contributed by atoms with Gasteiger partial charge in [-0.2, -0.15) is 0 Å². The molecule has 7 nitrogen and oxygen atoms in total. The third-order valence-electron chi connectivity index (χ3n) is 5.07. The van der Waals surface area contributed by atoms with Gasteiger partial charge in [-0.1, -0.05) is 0 Å². The summed E-state index contributed by atoms with van der Waals surface area (Å²) in [6.45, 7) is 0. The Bertz CT molecular complexity index is 897. The molecule has 0 saturated heterocycles. The third kappa shape index (κ3) is 2.31. The van der Waals surface area contributed by atoms with Crippen LogP contribution in [0.2, 0.25) is 0 Å². The van der Waals surface area contributed by atoms with Gasteiger partial charge in [-0.25, -0.2) is 0 Å². The van der Waals surface area contributed by atoms with Gasteiger partial charge in [-0.15, -0.1) is 0 Å². The van der Waals surface area contributed by atoms with E-state index in [4.69, 9.17) is 4.74 Å². The van der Waals surface area contributed by atoms with Gasteiger partial charge in [0, 0.05) is 30.8 Å². The van der Waals surface area contributed by atoms with Crippen molar-refractivity contribution in [2.75, 3.05) is 7.05 Å². The maximum absolute atomic E-state index is 11.6. The molecule has 2 aromatic rings. The second kappa shape index (κ2) is 5.20. The first kappa shape index (κ1) is 15.4. The van der Waals surface area contributed by atoms with Crippen molar-refractivity contribution in [3.63, 3.8) is 0 Å². The minimum atomic E-state index is -0.808. The molecule has 3 atom stereocenters. The van der Waals surface area contributed by atoms with Gasteiger partial charge in [0.2, 0.25) is 0 Å². The van der Waals surface area contributed by atoms with Crippen molar-refractivity contribution in [2.45, 2.75) is 12.3 Å². The first-order valence-electron chi connectivity index (χ1n) is 7.89. The fraction of sp³-hybridized carbons (Fsp3) is 0.278. The molecule has 1 aromatic heterocycles. The molecule has 4 rings (SSSR count). The van der Waals surface area contributed by atoms with Crippen LogP contribution >= 0.6 is 0 Å². The Balaban J connectivity index is 1.58. The van der Waals surface area contributed by atoms with Gasteiger partial charge in [0.15, 0.2) is 0 Å². The molecule has 1 amide bonds. The van der Waals surface area contributed by atoms with Crippen LogP contribution in [-0.4, -0.2) is 34.1 Å². The first-order chi connectivity index (χ1) is 12.0. The van der Waals surface area contributed by atoms with E-state index in [-0.39, 0.29) is 29.2 Å². The molecule has 2 aliphatic carbocycles. The zero-order valence-corrected chi connectivity index (χ0v) is 13.4. The van der Waals surface area contributed by atoms with Crippen LogP contribution in [0.1, 0.15) is 28.4 Å². The lowest BCUT2D eigenvalue weighted by molar-refractivity contribution is -0.141. The standard InChI is InChI=1S/C18H16N2O5/c1-19-16(22)13-7-10(4-5-20-13)25-9-2-3-14(21)11(6-9)15-12-8-18(12,15)17(23)24/h2-7,12,15,21H,8H2,1H3,(H,19,22)(H,23,24). The largest absolute Gasteiger partial charge is 0.508 e. The van der Waals surface area contributed by atoms with Crippen LogP contribution in [0.5, 0.6) is 17.2 Å². The number of aromatic hydroxyl groups is 1. The first-order valence-corrected chi connectivity index (χ1v) is 7.89.